The second kappa shape index (κ2) is 6.35. The lowest BCUT2D eigenvalue weighted by atomic mass is 10.0. The molecule has 0 fully saturated rings. The molecule has 0 radical (unpaired) electrons. The number of rotatable bonds is 3. The van der Waals surface area contributed by atoms with Gasteiger partial charge in [0.05, 0.1) is 11.8 Å². The average Bonchev–Trinajstić information content (AvgIpc) is 2.97. The summed E-state index contributed by atoms with van der Waals surface area (Å²) in [5, 5.41) is 4.96. The minimum atomic E-state index is 0.430. The quantitative estimate of drug-likeness (QED) is 0.855. The predicted molar refractivity (Wildman–Crippen MR) is 93.2 cm³/mol. The van der Waals surface area contributed by atoms with E-state index in [2.05, 4.69) is 78.8 Å². The van der Waals surface area contributed by atoms with Crippen LogP contribution < -0.4 is 5.32 Å². The fourth-order valence-electron chi connectivity index (χ4n) is 2.51. The zero-order valence-corrected chi connectivity index (χ0v) is 13.2. The first-order chi connectivity index (χ1) is 10.2. The molecule has 108 valence electrons. The Morgan fingerprint density at radius 3 is 2.52 bits per heavy atom. The van der Waals surface area contributed by atoms with Crippen LogP contribution >= 0.6 is 11.8 Å². The molecule has 0 saturated carbocycles. The lowest BCUT2D eigenvalue weighted by Gasteiger charge is -2.14. The molecule has 1 aliphatic heterocycles. The Labute approximate surface area is 130 Å². The molecular formula is C18H20N2S. The van der Waals surface area contributed by atoms with Gasteiger partial charge >= 0.3 is 0 Å². The van der Waals surface area contributed by atoms with Crippen LogP contribution in [0.5, 0.6) is 0 Å². The molecule has 1 unspecified atom stereocenters. The van der Waals surface area contributed by atoms with E-state index in [0.717, 1.165) is 11.7 Å². The summed E-state index contributed by atoms with van der Waals surface area (Å²) in [6, 6.07) is 19.1. The van der Waals surface area contributed by atoms with Gasteiger partial charge in [-0.15, -0.1) is 0 Å². The summed E-state index contributed by atoms with van der Waals surface area (Å²) in [5.74, 6) is 0.505. The van der Waals surface area contributed by atoms with Crippen LogP contribution in [-0.4, -0.2) is 11.7 Å². The van der Waals surface area contributed by atoms with Crippen molar-refractivity contribution in [3.8, 4) is 0 Å². The number of hydrogen-bond acceptors (Lipinski definition) is 3. The molecule has 0 saturated heterocycles. The summed E-state index contributed by atoms with van der Waals surface area (Å²) < 4.78 is 0. The monoisotopic (exact) mass is 296 g/mol. The second-order valence-corrected chi connectivity index (χ2v) is 6.72. The summed E-state index contributed by atoms with van der Waals surface area (Å²) in [5.41, 5.74) is 3.86. The number of aliphatic imine (C=N–C) groups is 1. The Kier molecular flexibility index (Phi) is 4.30. The van der Waals surface area contributed by atoms with Gasteiger partial charge in [-0.3, -0.25) is 4.99 Å². The maximum Gasteiger partial charge on any atom is 0.161 e. The van der Waals surface area contributed by atoms with Gasteiger partial charge in [0.25, 0.3) is 0 Å². The van der Waals surface area contributed by atoms with Crippen LogP contribution in [0.25, 0.3) is 0 Å². The summed E-state index contributed by atoms with van der Waals surface area (Å²) in [6.07, 6.45) is 0. The second-order valence-electron chi connectivity index (χ2n) is 5.53. The van der Waals surface area contributed by atoms with E-state index in [1.54, 1.807) is 0 Å². The van der Waals surface area contributed by atoms with E-state index in [1.165, 1.54) is 16.8 Å². The maximum absolute atomic E-state index is 4.66. The normalized spacial score (nSPS) is 17.9. The van der Waals surface area contributed by atoms with Crippen molar-refractivity contribution in [2.75, 3.05) is 11.9 Å². The molecule has 2 nitrogen and oxygen atoms in total. The van der Waals surface area contributed by atoms with E-state index in [9.17, 15) is 0 Å². The van der Waals surface area contributed by atoms with Gasteiger partial charge in [0.15, 0.2) is 5.17 Å². The Bertz CT molecular complexity index is 635. The molecule has 0 bridgehead atoms. The van der Waals surface area contributed by atoms with Gasteiger partial charge in [-0.25, -0.2) is 0 Å². The van der Waals surface area contributed by atoms with E-state index in [4.69, 9.17) is 0 Å². The van der Waals surface area contributed by atoms with Crippen LogP contribution in [0.2, 0.25) is 0 Å². The minimum absolute atomic E-state index is 0.430. The van der Waals surface area contributed by atoms with Crippen molar-refractivity contribution in [2.24, 2.45) is 4.99 Å². The van der Waals surface area contributed by atoms with Crippen molar-refractivity contribution < 1.29 is 0 Å². The van der Waals surface area contributed by atoms with Gasteiger partial charge in [-0.05, 0) is 23.1 Å². The van der Waals surface area contributed by atoms with Gasteiger partial charge in [-0.2, -0.15) is 0 Å². The van der Waals surface area contributed by atoms with Gasteiger partial charge < -0.3 is 5.32 Å². The van der Waals surface area contributed by atoms with Crippen LogP contribution in [0.4, 0.5) is 5.69 Å². The molecule has 1 atom stereocenters. The number of amidine groups is 1. The van der Waals surface area contributed by atoms with Crippen LogP contribution in [0.3, 0.4) is 0 Å². The third-order valence-corrected chi connectivity index (χ3v) is 4.81. The smallest absolute Gasteiger partial charge is 0.161 e. The summed E-state index contributed by atoms with van der Waals surface area (Å²) in [7, 11) is 0. The van der Waals surface area contributed by atoms with Gasteiger partial charge in [0.2, 0.25) is 0 Å². The Morgan fingerprint density at radius 1 is 1.05 bits per heavy atom. The maximum atomic E-state index is 4.66. The van der Waals surface area contributed by atoms with Crippen LogP contribution in [0, 0.1) is 0 Å². The fourth-order valence-corrected chi connectivity index (χ4v) is 3.54. The van der Waals surface area contributed by atoms with Crippen molar-refractivity contribution in [3.05, 3.63) is 65.7 Å². The third-order valence-electron chi connectivity index (χ3n) is 3.65. The molecule has 1 aliphatic rings. The highest BCUT2D eigenvalue weighted by Crippen LogP contribution is 2.36. The standard InChI is InChI=1S/C18H20N2S/c1-13(2)15-10-6-7-11-16(15)20-18-19-12-17(21-18)14-8-4-3-5-9-14/h3-11,13,17H,12H2,1-2H3,(H,19,20). The minimum Gasteiger partial charge on any atom is -0.335 e. The molecule has 3 rings (SSSR count). The van der Waals surface area contributed by atoms with E-state index in [0.29, 0.717) is 11.2 Å². The first-order valence-corrected chi connectivity index (χ1v) is 8.24. The number of para-hydroxylation sites is 1. The van der Waals surface area contributed by atoms with Crippen LogP contribution in [0.1, 0.15) is 36.1 Å². The Morgan fingerprint density at radius 2 is 1.76 bits per heavy atom. The molecule has 0 spiro atoms. The van der Waals surface area contributed by atoms with Crippen molar-refractivity contribution in [1.29, 1.82) is 0 Å². The highest BCUT2D eigenvalue weighted by atomic mass is 32.2. The number of anilines is 1. The fraction of sp³-hybridized carbons (Fsp3) is 0.278. The predicted octanol–water partition coefficient (Wildman–Crippen LogP) is 5.07. The third kappa shape index (κ3) is 3.30. The number of hydrogen-bond donors (Lipinski definition) is 1. The topological polar surface area (TPSA) is 24.4 Å². The number of benzene rings is 2. The number of nitrogens with one attached hydrogen (secondary N) is 1. The van der Waals surface area contributed by atoms with Gasteiger partial charge in [-0.1, -0.05) is 74.1 Å². The van der Waals surface area contributed by atoms with E-state index in [1.807, 2.05) is 11.8 Å². The molecule has 1 heterocycles. The summed E-state index contributed by atoms with van der Waals surface area (Å²) in [6.45, 7) is 5.29. The number of thioether (sulfide) groups is 1. The van der Waals surface area contributed by atoms with Crippen LogP contribution in [0.15, 0.2) is 59.6 Å². The lowest BCUT2D eigenvalue weighted by Crippen LogP contribution is -2.08. The molecule has 3 heteroatoms. The van der Waals surface area contributed by atoms with Gasteiger partial charge in [0, 0.05) is 5.69 Å². The highest BCUT2D eigenvalue weighted by molar-refractivity contribution is 8.14. The zero-order chi connectivity index (χ0) is 14.7. The van der Waals surface area contributed by atoms with E-state index >= 15 is 0 Å². The molecule has 0 aliphatic carbocycles. The molecule has 1 N–H and O–H groups in total. The zero-order valence-electron chi connectivity index (χ0n) is 12.4. The molecule has 0 amide bonds. The molecule has 2 aromatic carbocycles. The summed E-state index contributed by atoms with van der Waals surface area (Å²) >= 11 is 1.82. The SMILES string of the molecule is CC(C)c1ccccc1NC1=NCC(c2ccccc2)S1. The first kappa shape index (κ1) is 14.2. The molecule has 2 aromatic rings. The van der Waals surface area contributed by atoms with Crippen molar-refractivity contribution in [3.63, 3.8) is 0 Å². The molecular weight excluding hydrogens is 276 g/mol. The summed E-state index contributed by atoms with van der Waals surface area (Å²) in [4.78, 5) is 4.66. The molecule has 21 heavy (non-hydrogen) atoms. The highest BCUT2D eigenvalue weighted by Gasteiger charge is 2.21. The van der Waals surface area contributed by atoms with E-state index < -0.39 is 0 Å². The Hall–Kier alpha value is -1.74. The average molecular weight is 296 g/mol. The number of nitrogens with zero attached hydrogens (tertiary/aromatic N) is 1. The van der Waals surface area contributed by atoms with Crippen molar-refractivity contribution in [2.45, 2.75) is 25.0 Å². The van der Waals surface area contributed by atoms with Gasteiger partial charge in [0.1, 0.15) is 0 Å². The van der Waals surface area contributed by atoms with E-state index in [-0.39, 0.29) is 0 Å². The largest absolute Gasteiger partial charge is 0.335 e. The lowest BCUT2D eigenvalue weighted by molar-refractivity contribution is 0.869. The molecule has 0 aromatic heterocycles. The van der Waals surface area contributed by atoms with Crippen molar-refractivity contribution >= 4 is 22.6 Å². The Balaban J connectivity index is 1.71. The van der Waals surface area contributed by atoms with Crippen molar-refractivity contribution in [1.82, 2.24) is 0 Å². The van der Waals surface area contributed by atoms with Crippen LogP contribution in [-0.2, 0) is 0 Å². The first-order valence-electron chi connectivity index (χ1n) is 7.36.